The van der Waals surface area contributed by atoms with Crippen LogP contribution >= 0.6 is 0 Å². The van der Waals surface area contributed by atoms with Gasteiger partial charge in [0, 0.05) is 44.5 Å². The van der Waals surface area contributed by atoms with Crippen molar-refractivity contribution in [3.05, 3.63) is 41.6 Å². The molecule has 164 valence electrons. The molecular weight excluding hydrogens is 390 g/mol. The minimum atomic E-state index is -0.212. The van der Waals surface area contributed by atoms with Gasteiger partial charge in [-0.25, -0.2) is 4.98 Å². The van der Waals surface area contributed by atoms with Crippen LogP contribution in [0.4, 0.5) is 17.5 Å². The number of aromatic nitrogens is 2. The highest BCUT2D eigenvalue weighted by Crippen LogP contribution is 2.25. The first-order chi connectivity index (χ1) is 15.1. The third kappa shape index (κ3) is 5.43. The van der Waals surface area contributed by atoms with Gasteiger partial charge in [-0.2, -0.15) is 10.2 Å². The van der Waals surface area contributed by atoms with E-state index < -0.39 is 0 Å². The molecule has 1 aliphatic heterocycles. The van der Waals surface area contributed by atoms with Crippen LogP contribution in [0.1, 0.15) is 36.8 Å². The fourth-order valence-corrected chi connectivity index (χ4v) is 4.26. The highest BCUT2D eigenvalue weighted by molar-refractivity contribution is 5.56. The van der Waals surface area contributed by atoms with E-state index in [0.717, 1.165) is 51.9 Å². The van der Waals surface area contributed by atoms with Crippen LogP contribution < -0.4 is 15.5 Å². The van der Waals surface area contributed by atoms with Crippen LogP contribution in [0.3, 0.4) is 0 Å². The Morgan fingerprint density at radius 1 is 1.13 bits per heavy atom. The Hall–Kier alpha value is -2.89. The van der Waals surface area contributed by atoms with Crippen molar-refractivity contribution in [1.29, 1.82) is 5.26 Å². The average Bonchev–Trinajstić information content (AvgIpc) is 2.80. The number of hydrogen-bond acceptors (Lipinski definition) is 8. The molecule has 0 bridgehead atoms. The van der Waals surface area contributed by atoms with Crippen LogP contribution in [0.5, 0.6) is 0 Å². The molecular formula is C23H31N7O. The van der Waals surface area contributed by atoms with Gasteiger partial charge in [0.15, 0.2) is 0 Å². The maximum atomic E-state index is 9.72. The minimum Gasteiger partial charge on any atom is -0.393 e. The molecule has 1 saturated heterocycles. The van der Waals surface area contributed by atoms with E-state index >= 15 is 0 Å². The number of para-hydroxylation sites is 1. The van der Waals surface area contributed by atoms with Crippen LogP contribution in [0, 0.1) is 11.3 Å². The summed E-state index contributed by atoms with van der Waals surface area (Å²) in [5.41, 5.74) is 2.89. The van der Waals surface area contributed by atoms with E-state index in [-0.39, 0.29) is 12.1 Å². The number of piperazine rings is 1. The second-order valence-electron chi connectivity index (χ2n) is 8.49. The number of nitriles is 1. The van der Waals surface area contributed by atoms with Gasteiger partial charge in [0.05, 0.1) is 12.3 Å². The zero-order valence-electron chi connectivity index (χ0n) is 18.1. The summed E-state index contributed by atoms with van der Waals surface area (Å²) in [6.07, 6.45) is 4.66. The third-order valence-electron chi connectivity index (χ3n) is 6.22. The summed E-state index contributed by atoms with van der Waals surface area (Å²) in [5.74, 6) is 1.07. The number of likely N-dealkylation sites (N-methyl/N-ethyl adjacent to an activating group) is 1. The lowest BCUT2D eigenvalue weighted by Gasteiger charge is -2.35. The second kappa shape index (κ2) is 9.94. The zero-order valence-corrected chi connectivity index (χ0v) is 18.1. The van der Waals surface area contributed by atoms with Gasteiger partial charge in [0.2, 0.25) is 5.95 Å². The Morgan fingerprint density at radius 2 is 1.87 bits per heavy atom. The highest BCUT2D eigenvalue weighted by Gasteiger charge is 2.21. The molecule has 0 amide bonds. The van der Waals surface area contributed by atoms with Crippen LogP contribution in [-0.4, -0.2) is 65.3 Å². The largest absolute Gasteiger partial charge is 0.393 e. The zero-order chi connectivity index (χ0) is 21.6. The summed E-state index contributed by atoms with van der Waals surface area (Å²) < 4.78 is 0. The lowest BCUT2D eigenvalue weighted by molar-refractivity contribution is 0.126. The first kappa shape index (κ1) is 21.3. The first-order valence-corrected chi connectivity index (χ1v) is 11.1. The van der Waals surface area contributed by atoms with E-state index in [2.05, 4.69) is 67.8 Å². The molecule has 0 unspecified atom stereocenters. The highest BCUT2D eigenvalue weighted by atomic mass is 16.3. The molecule has 1 aromatic carbocycles. The first-order valence-electron chi connectivity index (χ1n) is 11.1. The Bertz CT molecular complexity index is 912. The molecule has 2 aliphatic rings. The van der Waals surface area contributed by atoms with E-state index in [4.69, 9.17) is 0 Å². The van der Waals surface area contributed by atoms with Crippen molar-refractivity contribution in [2.24, 2.45) is 0 Å². The number of rotatable bonds is 6. The Labute approximate surface area is 183 Å². The quantitative estimate of drug-likeness (QED) is 0.654. The minimum absolute atomic E-state index is 0.212. The van der Waals surface area contributed by atoms with Crippen LogP contribution in [0.25, 0.3) is 0 Å². The summed E-state index contributed by atoms with van der Waals surface area (Å²) in [6.45, 7) is 4.78. The summed E-state index contributed by atoms with van der Waals surface area (Å²) in [5, 5.41) is 25.9. The van der Waals surface area contributed by atoms with Gasteiger partial charge in [-0.05, 0) is 44.4 Å². The molecule has 1 aliphatic carbocycles. The fraction of sp³-hybridized carbons (Fsp3) is 0.522. The van der Waals surface area contributed by atoms with E-state index in [1.807, 2.05) is 0 Å². The van der Waals surface area contributed by atoms with Crippen molar-refractivity contribution in [2.45, 2.75) is 44.4 Å². The molecule has 0 radical (unpaired) electrons. The number of nitrogens with zero attached hydrogens (tertiary/aromatic N) is 5. The molecule has 31 heavy (non-hydrogen) atoms. The summed E-state index contributed by atoms with van der Waals surface area (Å²) in [6, 6.07) is 10.8. The van der Waals surface area contributed by atoms with Gasteiger partial charge < -0.3 is 25.5 Å². The summed E-state index contributed by atoms with van der Waals surface area (Å²) in [4.78, 5) is 13.7. The predicted molar refractivity (Wildman–Crippen MR) is 122 cm³/mol. The van der Waals surface area contributed by atoms with Crippen molar-refractivity contribution in [3.63, 3.8) is 0 Å². The predicted octanol–water partition coefficient (Wildman–Crippen LogP) is 2.43. The van der Waals surface area contributed by atoms with Crippen molar-refractivity contribution < 1.29 is 5.11 Å². The van der Waals surface area contributed by atoms with Crippen molar-refractivity contribution in [1.82, 2.24) is 14.9 Å². The number of nitrogens with one attached hydrogen (secondary N) is 2. The molecule has 0 spiro atoms. The SMILES string of the molecule is CN1CCN(c2ccccc2CNc2ncc(C#N)c(N[C@H]3CC[C@@H](O)CC3)n2)CC1. The smallest absolute Gasteiger partial charge is 0.224 e. The molecule has 8 nitrogen and oxygen atoms in total. The van der Waals surface area contributed by atoms with Gasteiger partial charge in [-0.15, -0.1) is 0 Å². The number of hydrogen-bond donors (Lipinski definition) is 3. The summed E-state index contributed by atoms with van der Waals surface area (Å²) in [7, 11) is 2.16. The number of benzene rings is 1. The van der Waals surface area contributed by atoms with Crippen LogP contribution in [0.15, 0.2) is 30.5 Å². The monoisotopic (exact) mass is 421 g/mol. The molecule has 1 aromatic heterocycles. The van der Waals surface area contributed by atoms with Crippen LogP contribution in [-0.2, 0) is 6.54 Å². The maximum Gasteiger partial charge on any atom is 0.224 e. The van der Waals surface area contributed by atoms with Gasteiger partial charge in [0.25, 0.3) is 0 Å². The molecule has 0 atom stereocenters. The Morgan fingerprint density at radius 3 is 2.61 bits per heavy atom. The molecule has 3 N–H and O–H groups in total. The third-order valence-corrected chi connectivity index (χ3v) is 6.22. The standard InChI is InChI=1S/C23H31N7O/c1-29-10-12-30(13-11-29)21-5-3-2-4-17(21)15-25-23-26-16-18(14-24)22(28-23)27-19-6-8-20(31)9-7-19/h2-5,16,19-20,31H,6-13,15H2,1H3,(H2,25,26,27,28)/t19-,20+. The topological polar surface area (TPSA) is 100 Å². The Kier molecular flexibility index (Phi) is 6.85. The molecule has 1 saturated carbocycles. The molecule has 2 fully saturated rings. The fourth-order valence-electron chi connectivity index (χ4n) is 4.26. The van der Waals surface area contributed by atoms with Crippen molar-refractivity contribution in [2.75, 3.05) is 48.8 Å². The van der Waals surface area contributed by atoms with Gasteiger partial charge in [-0.1, -0.05) is 18.2 Å². The molecule has 2 aromatic rings. The molecule has 8 heteroatoms. The van der Waals surface area contributed by atoms with Gasteiger partial charge in [-0.3, -0.25) is 0 Å². The van der Waals surface area contributed by atoms with E-state index in [1.165, 1.54) is 11.3 Å². The Balaban J connectivity index is 1.44. The lowest BCUT2D eigenvalue weighted by Crippen LogP contribution is -2.44. The van der Waals surface area contributed by atoms with Crippen LogP contribution in [0.2, 0.25) is 0 Å². The molecule has 2 heterocycles. The number of aliphatic hydroxyl groups is 1. The molecule has 4 rings (SSSR count). The van der Waals surface area contributed by atoms with Crippen molar-refractivity contribution in [3.8, 4) is 6.07 Å². The average molecular weight is 422 g/mol. The van der Waals surface area contributed by atoms with E-state index in [9.17, 15) is 10.4 Å². The second-order valence-corrected chi connectivity index (χ2v) is 8.49. The van der Waals surface area contributed by atoms with Gasteiger partial charge in [0.1, 0.15) is 17.5 Å². The van der Waals surface area contributed by atoms with E-state index in [0.29, 0.717) is 23.9 Å². The number of aliphatic hydroxyl groups excluding tert-OH is 1. The van der Waals surface area contributed by atoms with E-state index in [1.54, 1.807) is 6.20 Å². The maximum absolute atomic E-state index is 9.72. The van der Waals surface area contributed by atoms with Crippen molar-refractivity contribution >= 4 is 17.5 Å². The number of anilines is 3. The lowest BCUT2D eigenvalue weighted by atomic mass is 9.93. The van der Waals surface area contributed by atoms with Gasteiger partial charge >= 0.3 is 0 Å². The normalized spacial score (nSPS) is 22.0. The summed E-state index contributed by atoms with van der Waals surface area (Å²) >= 11 is 0.